The van der Waals surface area contributed by atoms with Crippen LogP contribution in [-0.2, 0) is 13.1 Å². The predicted molar refractivity (Wildman–Crippen MR) is 101 cm³/mol. The van der Waals surface area contributed by atoms with Gasteiger partial charge in [0.05, 0.1) is 5.69 Å². The highest BCUT2D eigenvalue weighted by Crippen LogP contribution is 2.31. The van der Waals surface area contributed by atoms with E-state index in [-0.39, 0.29) is 5.91 Å². The molecule has 0 saturated heterocycles. The molecule has 0 aliphatic rings. The van der Waals surface area contributed by atoms with Crippen LogP contribution in [0.5, 0.6) is 0 Å². The van der Waals surface area contributed by atoms with Crippen LogP contribution >= 0.6 is 11.3 Å². The Balaban J connectivity index is 1.74. The van der Waals surface area contributed by atoms with Crippen LogP contribution in [0.25, 0.3) is 10.3 Å². The highest BCUT2D eigenvalue weighted by molar-refractivity contribution is 7.21. The Hall–Kier alpha value is -2.51. The zero-order valence-corrected chi connectivity index (χ0v) is 15.4. The minimum Gasteiger partial charge on any atom is -0.396 e. The van der Waals surface area contributed by atoms with Gasteiger partial charge in [0.1, 0.15) is 15.2 Å². The molecule has 3 aromatic rings. The van der Waals surface area contributed by atoms with Gasteiger partial charge in [0.25, 0.3) is 5.91 Å². The molecule has 0 aliphatic carbocycles. The lowest BCUT2D eigenvalue weighted by molar-refractivity contribution is 0.0791. The summed E-state index contributed by atoms with van der Waals surface area (Å²) in [7, 11) is 5.86. The van der Waals surface area contributed by atoms with Gasteiger partial charge in [-0.1, -0.05) is 24.3 Å². The number of nitrogens with zero attached hydrogens (tertiary/aromatic N) is 4. The Morgan fingerprint density at radius 2 is 1.64 bits per heavy atom. The fourth-order valence-electron chi connectivity index (χ4n) is 2.64. The van der Waals surface area contributed by atoms with Gasteiger partial charge >= 0.3 is 0 Å². The van der Waals surface area contributed by atoms with E-state index < -0.39 is 0 Å². The lowest BCUT2D eigenvalue weighted by atomic mass is 10.1. The van der Waals surface area contributed by atoms with E-state index in [1.54, 1.807) is 24.3 Å². The van der Waals surface area contributed by atoms with Crippen molar-refractivity contribution in [2.24, 2.45) is 0 Å². The molecule has 1 amide bonds. The Labute approximate surface area is 150 Å². The molecule has 0 fully saturated rings. The average molecular weight is 355 g/mol. The number of nitrogen functional groups attached to an aromatic ring is 1. The number of hydrogen-bond acceptors (Lipinski definition) is 6. The van der Waals surface area contributed by atoms with Crippen molar-refractivity contribution < 1.29 is 4.79 Å². The Morgan fingerprint density at radius 1 is 1.04 bits per heavy atom. The molecule has 0 bridgehead atoms. The largest absolute Gasteiger partial charge is 0.396 e. The number of amides is 1. The number of hydrogen-bond donors (Lipinski definition) is 1. The summed E-state index contributed by atoms with van der Waals surface area (Å²) in [6, 6.07) is 8.30. The van der Waals surface area contributed by atoms with Crippen LogP contribution in [-0.4, -0.2) is 46.8 Å². The van der Waals surface area contributed by atoms with Gasteiger partial charge < -0.3 is 15.5 Å². The zero-order valence-electron chi connectivity index (χ0n) is 14.6. The number of carbonyl (C=O) groups is 1. The SMILES string of the molecule is CN(C)Cc1ccc(CN(C)C(=O)c2sc3nccnc3c2N)cc1. The van der Waals surface area contributed by atoms with Crippen molar-refractivity contribution in [2.75, 3.05) is 26.9 Å². The van der Waals surface area contributed by atoms with Gasteiger partial charge in [-0.05, 0) is 25.2 Å². The molecule has 2 aromatic heterocycles. The normalized spacial score (nSPS) is 11.2. The molecule has 3 rings (SSSR count). The van der Waals surface area contributed by atoms with Gasteiger partial charge in [-0.25, -0.2) is 9.97 Å². The molecule has 2 N–H and O–H groups in total. The lowest BCUT2D eigenvalue weighted by Crippen LogP contribution is -2.26. The average Bonchev–Trinajstić information content (AvgIpc) is 2.93. The van der Waals surface area contributed by atoms with Crippen molar-refractivity contribution >= 4 is 33.3 Å². The van der Waals surface area contributed by atoms with E-state index in [1.165, 1.54) is 16.9 Å². The summed E-state index contributed by atoms with van der Waals surface area (Å²) in [5, 5.41) is 0. The minimum atomic E-state index is -0.111. The quantitative estimate of drug-likeness (QED) is 0.761. The molecule has 7 heteroatoms. The highest BCUT2D eigenvalue weighted by atomic mass is 32.1. The van der Waals surface area contributed by atoms with Gasteiger partial charge in [-0.2, -0.15) is 0 Å². The van der Waals surface area contributed by atoms with Crippen LogP contribution in [0.4, 0.5) is 5.69 Å². The second kappa shape index (κ2) is 7.16. The monoisotopic (exact) mass is 355 g/mol. The van der Waals surface area contributed by atoms with Crippen molar-refractivity contribution in [3.8, 4) is 0 Å². The second-order valence-corrected chi connectivity index (χ2v) is 7.27. The minimum absolute atomic E-state index is 0.111. The Morgan fingerprint density at radius 3 is 2.24 bits per heavy atom. The maximum Gasteiger partial charge on any atom is 0.266 e. The summed E-state index contributed by atoms with van der Waals surface area (Å²) in [5.41, 5.74) is 9.42. The van der Waals surface area contributed by atoms with Crippen LogP contribution in [0.1, 0.15) is 20.8 Å². The second-order valence-electron chi connectivity index (χ2n) is 6.27. The first-order chi connectivity index (χ1) is 12.0. The van der Waals surface area contributed by atoms with Crippen molar-refractivity contribution in [2.45, 2.75) is 13.1 Å². The molecule has 2 heterocycles. The maximum absolute atomic E-state index is 12.7. The lowest BCUT2D eigenvalue weighted by Gasteiger charge is -2.17. The summed E-state index contributed by atoms with van der Waals surface area (Å²) >= 11 is 1.28. The van der Waals surface area contributed by atoms with E-state index in [4.69, 9.17) is 5.73 Å². The standard InChI is InChI=1S/C18H21N5OS/c1-22(2)10-12-4-6-13(7-5-12)11-23(3)18(24)16-14(19)15-17(25-16)21-9-8-20-15/h4-9H,10-11,19H2,1-3H3. The van der Waals surface area contributed by atoms with E-state index in [0.717, 1.165) is 12.1 Å². The maximum atomic E-state index is 12.7. The predicted octanol–water partition coefficient (Wildman–Crippen LogP) is 2.61. The molecule has 0 saturated carbocycles. The van der Waals surface area contributed by atoms with Crippen LogP contribution in [0.2, 0.25) is 0 Å². The van der Waals surface area contributed by atoms with E-state index >= 15 is 0 Å². The third kappa shape index (κ3) is 3.78. The molecule has 0 radical (unpaired) electrons. The van der Waals surface area contributed by atoms with Gasteiger partial charge in [-0.3, -0.25) is 4.79 Å². The number of carbonyl (C=O) groups excluding carboxylic acids is 1. The third-order valence-corrected chi connectivity index (χ3v) is 4.94. The van der Waals surface area contributed by atoms with E-state index in [0.29, 0.717) is 27.5 Å². The highest BCUT2D eigenvalue weighted by Gasteiger charge is 2.21. The van der Waals surface area contributed by atoms with Crippen LogP contribution in [0, 0.1) is 0 Å². The summed E-state index contributed by atoms with van der Waals surface area (Å²) in [4.78, 5) is 26.1. The number of fused-ring (bicyclic) bond motifs is 1. The van der Waals surface area contributed by atoms with Crippen LogP contribution < -0.4 is 5.73 Å². The first kappa shape index (κ1) is 17.3. The summed E-state index contributed by atoms with van der Waals surface area (Å²) in [5.74, 6) is -0.111. The molecule has 0 atom stereocenters. The molecular formula is C18H21N5OS. The van der Waals surface area contributed by atoms with E-state index in [9.17, 15) is 4.79 Å². The van der Waals surface area contributed by atoms with Gasteiger partial charge in [0, 0.05) is 32.5 Å². The number of thiophene rings is 1. The number of rotatable bonds is 5. The van der Waals surface area contributed by atoms with Crippen LogP contribution in [0.15, 0.2) is 36.7 Å². The molecule has 6 nitrogen and oxygen atoms in total. The zero-order chi connectivity index (χ0) is 18.0. The smallest absolute Gasteiger partial charge is 0.266 e. The first-order valence-corrected chi connectivity index (χ1v) is 8.74. The van der Waals surface area contributed by atoms with Crippen molar-refractivity contribution in [3.05, 3.63) is 52.7 Å². The molecule has 0 spiro atoms. The molecular weight excluding hydrogens is 334 g/mol. The summed E-state index contributed by atoms with van der Waals surface area (Å²) in [6.45, 7) is 1.42. The fraction of sp³-hybridized carbons (Fsp3) is 0.278. The van der Waals surface area contributed by atoms with Gasteiger partial charge in [0.15, 0.2) is 0 Å². The molecule has 130 valence electrons. The Bertz CT molecular complexity index is 888. The fourth-order valence-corrected chi connectivity index (χ4v) is 3.65. The molecule has 0 aliphatic heterocycles. The number of nitrogens with two attached hydrogens (primary N) is 1. The number of anilines is 1. The van der Waals surface area contributed by atoms with Crippen molar-refractivity contribution in [1.82, 2.24) is 19.8 Å². The topological polar surface area (TPSA) is 75.3 Å². The van der Waals surface area contributed by atoms with Gasteiger partial charge in [-0.15, -0.1) is 11.3 Å². The van der Waals surface area contributed by atoms with Gasteiger partial charge in [0.2, 0.25) is 0 Å². The van der Waals surface area contributed by atoms with Crippen LogP contribution in [0.3, 0.4) is 0 Å². The van der Waals surface area contributed by atoms with E-state index in [1.807, 2.05) is 14.1 Å². The molecule has 25 heavy (non-hydrogen) atoms. The molecule has 1 aromatic carbocycles. The molecule has 0 unspecified atom stereocenters. The van der Waals surface area contributed by atoms with Crippen molar-refractivity contribution in [3.63, 3.8) is 0 Å². The first-order valence-electron chi connectivity index (χ1n) is 7.92. The van der Waals surface area contributed by atoms with E-state index in [2.05, 4.69) is 39.1 Å². The Kier molecular flexibility index (Phi) is 4.96. The number of aromatic nitrogens is 2. The number of benzene rings is 1. The summed E-state index contributed by atoms with van der Waals surface area (Å²) < 4.78 is 0. The summed E-state index contributed by atoms with van der Waals surface area (Å²) in [6.07, 6.45) is 3.18. The third-order valence-electron chi connectivity index (χ3n) is 3.85. The van der Waals surface area contributed by atoms with Crippen molar-refractivity contribution in [1.29, 1.82) is 0 Å².